The summed E-state index contributed by atoms with van der Waals surface area (Å²) in [5.41, 5.74) is 0. The molecule has 0 aromatic carbocycles. The predicted molar refractivity (Wildman–Crippen MR) is 37.2 cm³/mol. The highest BCUT2D eigenvalue weighted by molar-refractivity contribution is 5.78. The smallest absolute Gasteiger partial charge is 0.224 e. The molecule has 1 rings (SSSR count). The van der Waals surface area contributed by atoms with Gasteiger partial charge in [0.1, 0.15) is 6.23 Å². The molecule has 1 amide bonds. The van der Waals surface area contributed by atoms with Crippen LogP contribution in [0, 0.1) is 0 Å². The fraction of sp³-hybridized carbons (Fsp3) is 0.857. The molecule has 58 valence electrons. The molecule has 0 radical (unpaired) electrons. The van der Waals surface area contributed by atoms with Gasteiger partial charge in [0.15, 0.2) is 0 Å². The first kappa shape index (κ1) is 7.54. The Labute approximate surface area is 60.6 Å². The van der Waals surface area contributed by atoms with E-state index >= 15 is 0 Å². The molecule has 1 fully saturated rings. The molecule has 1 aliphatic rings. The average molecular weight is 143 g/mol. The average Bonchev–Trinajstić information content (AvgIpc) is 2.11. The number of aliphatic hydroxyl groups excluding tert-OH is 1. The molecule has 0 aromatic rings. The number of rotatable bonds is 1. The summed E-state index contributed by atoms with van der Waals surface area (Å²) in [6, 6.07) is 0.215. The number of carbonyl (C=O) groups is 1. The number of likely N-dealkylation sites (tertiary alicyclic amines) is 1. The van der Waals surface area contributed by atoms with Gasteiger partial charge in [0.25, 0.3) is 0 Å². The van der Waals surface area contributed by atoms with E-state index in [9.17, 15) is 4.79 Å². The molecule has 1 saturated heterocycles. The van der Waals surface area contributed by atoms with Crippen molar-refractivity contribution in [3.8, 4) is 0 Å². The topological polar surface area (TPSA) is 40.5 Å². The van der Waals surface area contributed by atoms with Gasteiger partial charge in [-0.2, -0.15) is 0 Å². The van der Waals surface area contributed by atoms with Gasteiger partial charge in [-0.1, -0.05) is 0 Å². The van der Waals surface area contributed by atoms with E-state index in [0.29, 0.717) is 6.42 Å². The van der Waals surface area contributed by atoms with Gasteiger partial charge >= 0.3 is 0 Å². The van der Waals surface area contributed by atoms with Gasteiger partial charge in [-0.3, -0.25) is 4.79 Å². The summed E-state index contributed by atoms with van der Waals surface area (Å²) in [5.74, 6) is 0.0718. The van der Waals surface area contributed by atoms with Crippen molar-refractivity contribution in [2.24, 2.45) is 0 Å². The molecule has 2 atom stereocenters. The molecular weight excluding hydrogens is 130 g/mol. The molecule has 1 N–H and O–H groups in total. The molecule has 0 aliphatic carbocycles. The third kappa shape index (κ3) is 1.14. The van der Waals surface area contributed by atoms with Crippen LogP contribution >= 0.6 is 0 Å². The summed E-state index contributed by atoms with van der Waals surface area (Å²) in [7, 11) is 0. The second kappa shape index (κ2) is 2.58. The first-order chi connectivity index (χ1) is 4.63. The number of carbonyl (C=O) groups excluding carboxylic acids is 1. The van der Waals surface area contributed by atoms with Crippen molar-refractivity contribution in [1.29, 1.82) is 0 Å². The van der Waals surface area contributed by atoms with Crippen LogP contribution in [0.4, 0.5) is 0 Å². The maximum absolute atomic E-state index is 11.0. The van der Waals surface area contributed by atoms with E-state index in [2.05, 4.69) is 0 Å². The summed E-state index contributed by atoms with van der Waals surface area (Å²) in [5, 5.41) is 9.10. The Morgan fingerprint density at radius 3 is 2.60 bits per heavy atom. The highest BCUT2D eigenvalue weighted by Crippen LogP contribution is 2.19. The zero-order valence-corrected chi connectivity index (χ0v) is 6.37. The molecule has 0 saturated carbocycles. The van der Waals surface area contributed by atoms with Gasteiger partial charge < -0.3 is 10.0 Å². The minimum Gasteiger partial charge on any atom is -0.374 e. The Morgan fingerprint density at radius 2 is 2.40 bits per heavy atom. The third-order valence-corrected chi connectivity index (χ3v) is 1.94. The number of aliphatic hydroxyl groups is 1. The number of hydrogen-bond acceptors (Lipinski definition) is 2. The SMILES string of the molecule is CC(O)N1C(=O)CCC1C. The maximum atomic E-state index is 11.0. The van der Waals surface area contributed by atoms with Crippen LogP contribution in [0.2, 0.25) is 0 Å². The van der Waals surface area contributed by atoms with Gasteiger partial charge in [-0.15, -0.1) is 0 Å². The highest BCUT2D eigenvalue weighted by atomic mass is 16.3. The van der Waals surface area contributed by atoms with Crippen molar-refractivity contribution in [3.63, 3.8) is 0 Å². The minimum atomic E-state index is -0.620. The normalized spacial score (nSPS) is 29.3. The largest absolute Gasteiger partial charge is 0.374 e. The fourth-order valence-electron chi connectivity index (χ4n) is 1.42. The van der Waals surface area contributed by atoms with Crippen LogP contribution in [0.3, 0.4) is 0 Å². The molecular formula is C7H13NO2. The van der Waals surface area contributed by atoms with Crippen LogP contribution < -0.4 is 0 Å². The van der Waals surface area contributed by atoms with Crippen molar-refractivity contribution in [2.75, 3.05) is 0 Å². The molecule has 1 heterocycles. The van der Waals surface area contributed by atoms with Crippen LogP contribution in [-0.2, 0) is 4.79 Å². The van der Waals surface area contributed by atoms with Gasteiger partial charge in [-0.05, 0) is 20.3 Å². The highest BCUT2D eigenvalue weighted by Gasteiger charge is 2.29. The Hall–Kier alpha value is -0.570. The van der Waals surface area contributed by atoms with Crippen LogP contribution in [-0.4, -0.2) is 28.2 Å². The molecule has 2 unspecified atom stereocenters. The van der Waals surface area contributed by atoms with Crippen molar-refractivity contribution in [1.82, 2.24) is 4.90 Å². The van der Waals surface area contributed by atoms with E-state index < -0.39 is 6.23 Å². The monoisotopic (exact) mass is 143 g/mol. The van der Waals surface area contributed by atoms with Crippen molar-refractivity contribution < 1.29 is 9.90 Å². The summed E-state index contributed by atoms with van der Waals surface area (Å²) in [4.78, 5) is 12.5. The van der Waals surface area contributed by atoms with E-state index in [1.165, 1.54) is 4.90 Å². The molecule has 0 aromatic heterocycles. The Morgan fingerprint density at radius 1 is 1.80 bits per heavy atom. The number of nitrogens with zero attached hydrogens (tertiary/aromatic N) is 1. The van der Waals surface area contributed by atoms with Gasteiger partial charge in [0.2, 0.25) is 5.91 Å². The summed E-state index contributed by atoms with van der Waals surface area (Å²) < 4.78 is 0. The molecule has 3 heteroatoms. The van der Waals surface area contributed by atoms with E-state index in [1.54, 1.807) is 6.92 Å². The lowest BCUT2D eigenvalue weighted by Crippen LogP contribution is -2.38. The second-order valence-corrected chi connectivity index (χ2v) is 2.82. The van der Waals surface area contributed by atoms with Crippen molar-refractivity contribution >= 4 is 5.91 Å². The lowest BCUT2D eigenvalue weighted by molar-refractivity contribution is -0.137. The summed E-state index contributed by atoms with van der Waals surface area (Å²) in [6.45, 7) is 3.58. The van der Waals surface area contributed by atoms with E-state index in [4.69, 9.17) is 5.11 Å². The minimum absolute atomic E-state index is 0.0718. The third-order valence-electron chi connectivity index (χ3n) is 1.94. The molecule has 0 spiro atoms. The molecule has 3 nitrogen and oxygen atoms in total. The van der Waals surface area contributed by atoms with E-state index in [1.807, 2.05) is 6.92 Å². The van der Waals surface area contributed by atoms with Gasteiger partial charge in [0, 0.05) is 12.5 Å². The lowest BCUT2D eigenvalue weighted by atomic mass is 10.2. The maximum Gasteiger partial charge on any atom is 0.224 e. The zero-order chi connectivity index (χ0) is 7.72. The fourth-order valence-corrected chi connectivity index (χ4v) is 1.42. The van der Waals surface area contributed by atoms with E-state index in [0.717, 1.165) is 6.42 Å². The molecule has 10 heavy (non-hydrogen) atoms. The second-order valence-electron chi connectivity index (χ2n) is 2.82. The van der Waals surface area contributed by atoms with Crippen molar-refractivity contribution in [2.45, 2.75) is 39.0 Å². The van der Waals surface area contributed by atoms with Crippen LogP contribution in [0.25, 0.3) is 0 Å². The quantitative estimate of drug-likeness (QED) is 0.575. The molecule has 1 aliphatic heterocycles. The zero-order valence-electron chi connectivity index (χ0n) is 6.37. The van der Waals surface area contributed by atoms with Gasteiger partial charge in [-0.25, -0.2) is 0 Å². The van der Waals surface area contributed by atoms with Crippen LogP contribution in [0.5, 0.6) is 0 Å². The predicted octanol–water partition coefficient (Wildman–Crippen LogP) is 0.336. The lowest BCUT2D eigenvalue weighted by Gasteiger charge is -2.24. The summed E-state index contributed by atoms with van der Waals surface area (Å²) >= 11 is 0. The van der Waals surface area contributed by atoms with E-state index in [-0.39, 0.29) is 11.9 Å². The van der Waals surface area contributed by atoms with Gasteiger partial charge in [0.05, 0.1) is 0 Å². The Balaban J connectivity index is 2.63. The van der Waals surface area contributed by atoms with Crippen molar-refractivity contribution in [3.05, 3.63) is 0 Å². The Bertz CT molecular complexity index is 145. The van der Waals surface area contributed by atoms with Crippen LogP contribution in [0.15, 0.2) is 0 Å². The number of amides is 1. The molecule has 0 bridgehead atoms. The van der Waals surface area contributed by atoms with Crippen LogP contribution in [0.1, 0.15) is 26.7 Å². The first-order valence-corrected chi connectivity index (χ1v) is 3.62. The standard InChI is InChI=1S/C7H13NO2/c1-5-3-4-7(10)8(5)6(2)9/h5-6,9H,3-4H2,1-2H3. The number of hydrogen-bond donors (Lipinski definition) is 1. The Kier molecular flexibility index (Phi) is 1.94. The first-order valence-electron chi connectivity index (χ1n) is 3.62. The summed E-state index contributed by atoms with van der Waals surface area (Å²) in [6.07, 6.45) is 0.848.